The fourth-order valence-corrected chi connectivity index (χ4v) is 2.13. The van der Waals surface area contributed by atoms with Crippen LogP contribution in [0.2, 0.25) is 0 Å². The molecule has 0 aliphatic heterocycles. The molecule has 1 amide bonds. The predicted molar refractivity (Wildman–Crippen MR) is 84.5 cm³/mol. The highest BCUT2D eigenvalue weighted by Crippen LogP contribution is 2.10. The minimum absolute atomic E-state index is 0.150. The van der Waals surface area contributed by atoms with Crippen LogP contribution in [0.15, 0.2) is 59.5 Å². The van der Waals surface area contributed by atoms with Gasteiger partial charge in [0.1, 0.15) is 5.69 Å². The van der Waals surface area contributed by atoms with E-state index in [1.165, 1.54) is 0 Å². The number of halogens is 1. The van der Waals surface area contributed by atoms with Crippen molar-refractivity contribution >= 4 is 21.8 Å². The summed E-state index contributed by atoms with van der Waals surface area (Å²) in [6.07, 6.45) is 5.15. The Labute approximate surface area is 135 Å². The van der Waals surface area contributed by atoms with Gasteiger partial charge in [0.05, 0.1) is 24.6 Å². The summed E-state index contributed by atoms with van der Waals surface area (Å²) >= 11 is 3.34. The number of amides is 1. The number of hydrogen-bond acceptors (Lipinski definition) is 4. The van der Waals surface area contributed by atoms with Gasteiger partial charge in [0.2, 0.25) is 0 Å². The van der Waals surface area contributed by atoms with Crippen molar-refractivity contribution < 1.29 is 4.79 Å². The number of carbonyl (C=O) groups is 1. The Hall–Kier alpha value is -2.54. The second-order valence-corrected chi connectivity index (χ2v) is 5.47. The number of benzene rings is 1. The summed E-state index contributed by atoms with van der Waals surface area (Å²) in [4.78, 5) is 16.0. The Bertz CT molecular complexity index is 770. The normalized spacial score (nSPS) is 10.4. The fraction of sp³-hybridized carbons (Fsp3) is 0.0667. The lowest BCUT2D eigenvalue weighted by atomic mass is 10.2. The van der Waals surface area contributed by atoms with Crippen LogP contribution in [0.5, 0.6) is 0 Å². The standard InChI is InChI=1S/C15H12BrN5O/c16-12-5-3-11(4-6-12)15(22)18-8-13-10-21(20-19-13)14-2-1-7-17-9-14/h1-7,9-10H,8H2,(H,18,22). The molecule has 0 bridgehead atoms. The maximum Gasteiger partial charge on any atom is 0.251 e. The van der Waals surface area contributed by atoms with E-state index in [2.05, 4.69) is 36.5 Å². The van der Waals surface area contributed by atoms with E-state index < -0.39 is 0 Å². The van der Waals surface area contributed by atoms with Gasteiger partial charge in [-0.2, -0.15) is 0 Å². The number of aromatic nitrogens is 4. The van der Waals surface area contributed by atoms with Crippen molar-refractivity contribution in [2.45, 2.75) is 6.54 Å². The van der Waals surface area contributed by atoms with E-state index in [0.29, 0.717) is 17.8 Å². The molecule has 1 aromatic carbocycles. The highest BCUT2D eigenvalue weighted by Gasteiger charge is 2.07. The summed E-state index contributed by atoms with van der Waals surface area (Å²) in [6.45, 7) is 0.315. The van der Waals surface area contributed by atoms with Crippen LogP contribution in [0.3, 0.4) is 0 Å². The largest absolute Gasteiger partial charge is 0.346 e. The van der Waals surface area contributed by atoms with Gasteiger partial charge in [-0.15, -0.1) is 5.10 Å². The fourth-order valence-electron chi connectivity index (χ4n) is 1.87. The van der Waals surface area contributed by atoms with E-state index in [4.69, 9.17) is 0 Å². The Morgan fingerprint density at radius 1 is 1.23 bits per heavy atom. The van der Waals surface area contributed by atoms with Crippen molar-refractivity contribution in [3.8, 4) is 5.69 Å². The molecule has 0 spiro atoms. The van der Waals surface area contributed by atoms with Gasteiger partial charge in [0.25, 0.3) is 5.91 Å². The van der Waals surface area contributed by atoms with Gasteiger partial charge < -0.3 is 5.32 Å². The first-order chi connectivity index (χ1) is 10.7. The quantitative estimate of drug-likeness (QED) is 0.777. The summed E-state index contributed by atoms with van der Waals surface area (Å²) in [6, 6.07) is 10.9. The van der Waals surface area contributed by atoms with Crippen molar-refractivity contribution in [2.24, 2.45) is 0 Å². The van der Waals surface area contributed by atoms with Crippen LogP contribution in [-0.2, 0) is 6.54 Å². The predicted octanol–water partition coefficient (Wildman–Crippen LogP) is 2.35. The van der Waals surface area contributed by atoms with Gasteiger partial charge in [0.15, 0.2) is 0 Å². The number of nitrogens with zero attached hydrogens (tertiary/aromatic N) is 4. The van der Waals surface area contributed by atoms with Gasteiger partial charge in [-0.05, 0) is 36.4 Å². The molecule has 1 N–H and O–H groups in total. The van der Waals surface area contributed by atoms with E-state index in [-0.39, 0.29) is 5.91 Å². The van der Waals surface area contributed by atoms with Crippen molar-refractivity contribution in [3.05, 3.63) is 70.7 Å². The molecular weight excluding hydrogens is 346 g/mol. The van der Waals surface area contributed by atoms with E-state index in [1.807, 2.05) is 24.3 Å². The minimum Gasteiger partial charge on any atom is -0.346 e. The van der Waals surface area contributed by atoms with Crippen LogP contribution in [-0.4, -0.2) is 25.9 Å². The summed E-state index contributed by atoms with van der Waals surface area (Å²) in [7, 11) is 0. The number of rotatable bonds is 4. The average molecular weight is 358 g/mol. The van der Waals surface area contributed by atoms with E-state index >= 15 is 0 Å². The Kier molecular flexibility index (Phi) is 4.24. The minimum atomic E-state index is -0.150. The van der Waals surface area contributed by atoms with Gasteiger partial charge in [0, 0.05) is 16.2 Å². The molecule has 0 unspecified atom stereocenters. The number of pyridine rings is 1. The molecule has 22 heavy (non-hydrogen) atoms. The van der Waals surface area contributed by atoms with Crippen LogP contribution in [0.4, 0.5) is 0 Å². The molecule has 2 heterocycles. The van der Waals surface area contributed by atoms with Crippen LogP contribution in [0.1, 0.15) is 16.1 Å². The molecule has 0 aliphatic carbocycles. The number of nitrogens with one attached hydrogen (secondary N) is 1. The lowest BCUT2D eigenvalue weighted by Gasteiger charge is -2.03. The topological polar surface area (TPSA) is 72.7 Å². The average Bonchev–Trinajstić information content (AvgIpc) is 3.03. The maximum atomic E-state index is 12.0. The number of hydrogen-bond donors (Lipinski definition) is 1. The first-order valence-corrected chi connectivity index (χ1v) is 7.37. The third-order valence-electron chi connectivity index (χ3n) is 2.99. The molecule has 7 heteroatoms. The molecule has 3 rings (SSSR count). The zero-order chi connectivity index (χ0) is 15.4. The third kappa shape index (κ3) is 3.37. The molecule has 3 aromatic rings. The molecule has 0 fully saturated rings. The zero-order valence-electron chi connectivity index (χ0n) is 11.5. The van der Waals surface area contributed by atoms with E-state index in [1.54, 1.807) is 35.4 Å². The van der Waals surface area contributed by atoms with Crippen LogP contribution >= 0.6 is 15.9 Å². The zero-order valence-corrected chi connectivity index (χ0v) is 13.1. The SMILES string of the molecule is O=C(NCc1cn(-c2cccnc2)nn1)c1ccc(Br)cc1. The second kappa shape index (κ2) is 6.48. The van der Waals surface area contributed by atoms with Crippen molar-refractivity contribution in [1.29, 1.82) is 0 Å². The van der Waals surface area contributed by atoms with E-state index in [0.717, 1.165) is 10.2 Å². The molecule has 2 aromatic heterocycles. The van der Waals surface area contributed by atoms with E-state index in [9.17, 15) is 4.79 Å². The summed E-state index contributed by atoms with van der Waals surface area (Å²) < 4.78 is 2.55. The molecule has 0 aliphatic rings. The molecule has 0 saturated carbocycles. The van der Waals surface area contributed by atoms with Gasteiger partial charge in [-0.3, -0.25) is 9.78 Å². The third-order valence-corrected chi connectivity index (χ3v) is 3.52. The van der Waals surface area contributed by atoms with Gasteiger partial charge in [-0.25, -0.2) is 4.68 Å². The maximum absolute atomic E-state index is 12.0. The first kappa shape index (κ1) is 14.4. The van der Waals surface area contributed by atoms with Gasteiger partial charge >= 0.3 is 0 Å². The summed E-state index contributed by atoms with van der Waals surface area (Å²) in [5.41, 5.74) is 2.10. The van der Waals surface area contributed by atoms with Crippen molar-refractivity contribution in [3.63, 3.8) is 0 Å². The molecule has 0 radical (unpaired) electrons. The Morgan fingerprint density at radius 3 is 2.77 bits per heavy atom. The molecular formula is C15H12BrN5O. The Balaban J connectivity index is 1.64. The van der Waals surface area contributed by atoms with Crippen LogP contribution in [0, 0.1) is 0 Å². The Morgan fingerprint density at radius 2 is 2.05 bits per heavy atom. The summed E-state index contributed by atoms with van der Waals surface area (Å²) in [5.74, 6) is -0.150. The first-order valence-electron chi connectivity index (χ1n) is 6.58. The summed E-state index contributed by atoms with van der Waals surface area (Å²) in [5, 5.41) is 10.9. The number of carbonyl (C=O) groups excluding carboxylic acids is 1. The molecule has 6 nitrogen and oxygen atoms in total. The van der Waals surface area contributed by atoms with Crippen LogP contribution < -0.4 is 5.32 Å². The lowest BCUT2D eigenvalue weighted by molar-refractivity contribution is 0.0950. The molecule has 0 saturated heterocycles. The van der Waals surface area contributed by atoms with Crippen molar-refractivity contribution in [1.82, 2.24) is 25.3 Å². The second-order valence-electron chi connectivity index (χ2n) is 4.56. The smallest absolute Gasteiger partial charge is 0.251 e. The van der Waals surface area contributed by atoms with Crippen LogP contribution in [0.25, 0.3) is 5.69 Å². The molecule has 110 valence electrons. The van der Waals surface area contributed by atoms with Crippen molar-refractivity contribution in [2.75, 3.05) is 0 Å². The highest BCUT2D eigenvalue weighted by molar-refractivity contribution is 9.10. The van der Waals surface area contributed by atoms with Gasteiger partial charge in [-0.1, -0.05) is 21.1 Å². The highest BCUT2D eigenvalue weighted by atomic mass is 79.9. The lowest BCUT2D eigenvalue weighted by Crippen LogP contribution is -2.22. The monoisotopic (exact) mass is 357 g/mol. The molecule has 0 atom stereocenters.